The summed E-state index contributed by atoms with van der Waals surface area (Å²) < 4.78 is 40.0. The molecule has 3 aliphatic rings. The molecule has 0 atom stereocenters. The van der Waals surface area contributed by atoms with Gasteiger partial charge in [-0.25, -0.2) is 0 Å². The van der Waals surface area contributed by atoms with Crippen molar-refractivity contribution < 1.29 is 47.1 Å². The van der Waals surface area contributed by atoms with Crippen LogP contribution in [0.3, 0.4) is 0 Å². The molecule has 0 amide bonds. The number of thiophene rings is 2. The Bertz CT molecular complexity index is 1880. The highest BCUT2D eigenvalue weighted by atomic mass is 79.9. The molecule has 0 bridgehead atoms. The Labute approximate surface area is 336 Å². The Kier molecular flexibility index (Phi) is 14.8. The monoisotopic (exact) mass is 842 g/mol. The number of benzene rings is 2. The summed E-state index contributed by atoms with van der Waals surface area (Å²) in [6.45, 7) is 28.8. The van der Waals surface area contributed by atoms with E-state index in [1.54, 1.807) is 11.3 Å². The van der Waals surface area contributed by atoms with Crippen molar-refractivity contribution in [1.82, 2.24) is 0 Å². The molecule has 4 aromatic rings. The van der Waals surface area contributed by atoms with E-state index in [1.165, 1.54) is 34.4 Å². The minimum absolute atomic E-state index is 0.250. The van der Waals surface area contributed by atoms with Crippen LogP contribution in [0.15, 0.2) is 53.0 Å². The van der Waals surface area contributed by atoms with E-state index in [4.69, 9.17) is 47.1 Å². The first-order valence-corrected chi connectivity index (χ1v) is 19.9. The SMILES string of the molecule is CC1(C)OB(B2OC(C)(C)C(C)(C)O2)OC1(C)C.Cc1cc2cccc(B3OC(C)(C)C(C)(C)O3)c2s1.Cc1cc2cccc(Br)c2s1.O=C=O.O=C=O. The van der Waals surface area contributed by atoms with Gasteiger partial charge in [-0.15, -0.1) is 22.7 Å². The van der Waals surface area contributed by atoms with E-state index in [0.29, 0.717) is 0 Å². The quantitative estimate of drug-likeness (QED) is 0.182. The molecule has 3 saturated heterocycles. The molecule has 0 N–H and O–H groups in total. The third kappa shape index (κ3) is 10.3. The van der Waals surface area contributed by atoms with Crippen molar-refractivity contribution in [3.05, 3.63) is 62.8 Å². The van der Waals surface area contributed by atoms with Crippen LogP contribution < -0.4 is 5.46 Å². The van der Waals surface area contributed by atoms with Gasteiger partial charge in [0.25, 0.3) is 0 Å². The topological polar surface area (TPSA) is 124 Å². The molecule has 0 aliphatic carbocycles. The minimum Gasteiger partial charge on any atom is -0.405 e. The van der Waals surface area contributed by atoms with Gasteiger partial charge >= 0.3 is 33.4 Å². The van der Waals surface area contributed by atoms with Crippen LogP contribution in [0.25, 0.3) is 20.2 Å². The standard InChI is InChI=1S/C15H19BO2S.C12H24B2O4.C9H7BrS.2CO2/c1-10-9-11-7-6-8-12(13(11)19-10)16-17-14(2,3)15(4,5)18-16;1-9(2)10(3,4)16-13(15-9)14-17-11(5,6)12(7,8)18-14;1-6-5-7-3-2-4-8(10)9(7)11-6;2*2-1-3/h6-9H,1-5H3;1-8H3;2-5H,1H3;;. The molecule has 0 radical (unpaired) electrons. The molecule has 0 unspecified atom stereocenters. The summed E-state index contributed by atoms with van der Waals surface area (Å²) in [6.07, 6.45) is 0.500. The maximum atomic E-state index is 8.12. The zero-order valence-corrected chi connectivity index (χ0v) is 36.8. The molecule has 54 heavy (non-hydrogen) atoms. The highest BCUT2D eigenvalue weighted by Gasteiger charge is 2.63. The molecule has 3 aliphatic heterocycles. The Morgan fingerprint density at radius 1 is 0.519 bits per heavy atom. The van der Waals surface area contributed by atoms with Gasteiger partial charge in [0.05, 0.1) is 33.6 Å². The highest BCUT2D eigenvalue weighted by Crippen LogP contribution is 2.43. The largest absolute Gasteiger partial charge is 0.496 e. The molecule has 5 heterocycles. The molecule has 2 aromatic heterocycles. The molecule has 0 spiro atoms. The molecule has 7 rings (SSSR count). The van der Waals surface area contributed by atoms with Crippen LogP contribution >= 0.6 is 38.6 Å². The molecule has 3 fully saturated rings. The van der Waals surface area contributed by atoms with Gasteiger partial charge in [0.2, 0.25) is 0 Å². The van der Waals surface area contributed by atoms with Crippen LogP contribution in [0, 0.1) is 13.8 Å². The van der Waals surface area contributed by atoms with E-state index in [9.17, 15) is 0 Å². The minimum atomic E-state index is -0.476. The number of hydrogen-bond acceptors (Lipinski definition) is 12. The average molecular weight is 843 g/mol. The van der Waals surface area contributed by atoms with Crippen molar-refractivity contribution in [3.63, 3.8) is 0 Å². The fourth-order valence-electron chi connectivity index (χ4n) is 5.53. The second-order valence-electron chi connectivity index (χ2n) is 16.1. The van der Waals surface area contributed by atoms with Crippen molar-refractivity contribution >= 4 is 97.7 Å². The molecule has 10 nitrogen and oxygen atoms in total. The summed E-state index contributed by atoms with van der Waals surface area (Å²) in [4.78, 5) is 35.2. The third-order valence-electron chi connectivity index (χ3n) is 10.6. The van der Waals surface area contributed by atoms with Crippen molar-refractivity contribution in [2.45, 2.75) is 131 Å². The number of carbonyl (C=O) groups excluding carboxylic acids is 4. The average Bonchev–Trinajstić information content (AvgIpc) is 3.77. The Morgan fingerprint density at radius 2 is 0.833 bits per heavy atom. The van der Waals surface area contributed by atoms with Crippen LogP contribution in [0.1, 0.15) is 92.8 Å². The van der Waals surface area contributed by atoms with E-state index in [1.807, 2.05) is 66.7 Å². The van der Waals surface area contributed by atoms with Crippen molar-refractivity contribution in [1.29, 1.82) is 0 Å². The second-order valence-corrected chi connectivity index (χ2v) is 19.5. The first kappa shape index (κ1) is 45.9. The molecular weight excluding hydrogens is 793 g/mol. The van der Waals surface area contributed by atoms with Gasteiger partial charge in [-0.2, -0.15) is 19.2 Å². The van der Waals surface area contributed by atoms with Gasteiger partial charge in [0.15, 0.2) is 0 Å². The highest BCUT2D eigenvalue weighted by molar-refractivity contribution is 9.10. The lowest BCUT2D eigenvalue weighted by Crippen LogP contribution is -2.41. The first-order chi connectivity index (χ1) is 24.8. The molecule has 2 aromatic carbocycles. The van der Waals surface area contributed by atoms with Crippen LogP contribution in [-0.4, -0.2) is 67.0 Å². The zero-order chi connectivity index (χ0) is 41.1. The first-order valence-electron chi connectivity index (χ1n) is 17.5. The number of fused-ring (bicyclic) bond motifs is 2. The van der Waals surface area contributed by atoms with Gasteiger partial charge in [-0.3, -0.25) is 0 Å². The van der Waals surface area contributed by atoms with E-state index < -0.39 is 14.0 Å². The van der Waals surface area contributed by atoms with E-state index in [0.717, 1.165) is 5.46 Å². The Balaban J connectivity index is 0.000000208. The van der Waals surface area contributed by atoms with Gasteiger partial charge in [0.1, 0.15) is 0 Å². The fourth-order valence-corrected chi connectivity index (χ4v) is 8.10. The van der Waals surface area contributed by atoms with E-state index >= 15 is 0 Å². The second kappa shape index (κ2) is 17.4. The maximum Gasteiger partial charge on any atom is 0.496 e. The summed E-state index contributed by atoms with van der Waals surface area (Å²) in [6, 6.07) is 17.1. The predicted molar refractivity (Wildman–Crippen MR) is 219 cm³/mol. The summed E-state index contributed by atoms with van der Waals surface area (Å²) >= 11 is 7.16. The number of aryl methyl sites for hydroxylation is 2. The van der Waals surface area contributed by atoms with Gasteiger partial charge in [-0.1, -0.05) is 30.3 Å². The normalized spacial score (nSPS) is 20.6. The van der Waals surface area contributed by atoms with E-state index in [-0.39, 0.29) is 53.0 Å². The summed E-state index contributed by atoms with van der Waals surface area (Å²) in [7, 11) is -1.22. The van der Waals surface area contributed by atoms with E-state index in [2.05, 4.69) is 106 Å². The van der Waals surface area contributed by atoms with Gasteiger partial charge in [0, 0.05) is 29.1 Å². The van der Waals surface area contributed by atoms with Crippen LogP contribution in [0.5, 0.6) is 0 Å². The fraction of sp³-hybridized carbons (Fsp3) is 0.526. The lowest BCUT2D eigenvalue weighted by Gasteiger charge is -2.32. The van der Waals surface area contributed by atoms with Crippen molar-refractivity contribution in [3.8, 4) is 0 Å². The van der Waals surface area contributed by atoms with Crippen LogP contribution in [0.2, 0.25) is 0 Å². The third-order valence-corrected chi connectivity index (χ3v) is 13.7. The maximum absolute atomic E-state index is 8.12. The predicted octanol–water partition coefficient (Wildman–Crippen LogP) is 8.56. The van der Waals surface area contributed by atoms with Gasteiger partial charge in [-0.05, 0) is 142 Å². The Morgan fingerprint density at radius 3 is 1.20 bits per heavy atom. The smallest absolute Gasteiger partial charge is 0.405 e. The number of rotatable bonds is 2. The van der Waals surface area contributed by atoms with Gasteiger partial charge < -0.3 is 27.9 Å². The molecule has 0 saturated carbocycles. The molecule has 290 valence electrons. The lowest BCUT2D eigenvalue weighted by molar-refractivity contribution is -0.193. The summed E-state index contributed by atoms with van der Waals surface area (Å²) in [5, 5.41) is 2.61. The molecular formula is C38H50B3BrO10S2. The number of hydrogen-bond donors (Lipinski definition) is 0. The Hall–Kier alpha value is -2.45. The number of halogens is 1. The molecule has 16 heteroatoms. The lowest BCUT2D eigenvalue weighted by atomic mass is 9.49. The van der Waals surface area contributed by atoms with Crippen LogP contribution in [-0.2, 0) is 47.1 Å². The summed E-state index contributed by atoms with van der Waals surface area (Å²) in [5.41, 5.74) is -0.863. The zero-order valence-electron chi connectivity index (χ0n) is 33.6. The van der Waals surface area contributed by atoms with Crippen molar-refractivity contribution in [2.24, 2.45) is 0 Å². The van der Waals surface area contributed by atoms with Crippen LogP contribution in [0.4, 0.5) is 0 Å². The summed E-state index contributed by atoms with van der Waals surface area (Å²) in [5.74, 6) is 0. The van der Waals surface area contributed by atoms with Crippen molar-refractivity contribution in [2.75, 3.05) is 0 Å².